The number of aromatic nitrogens is 1. The van der Waals surface area contributed by atoms with Crippen molar-refractivity contribution in [1.29, 1.82) is 0 Å². The molecule has 6 nitrogen and oxygen atoms in total. The van der Waals surface area contributed by atoms with Crippen LogP contribution in [-0.2, 0) is 24.2 Å². The summed E-state index contributed by atoms with van der Waals surface area (Å²) in [4.78, 5) is 19.7. The normalized spacial score (nSPS) is 17.4. The van der Waals surface area contributed by atoms with E-state index in [-0.39, 0.29) is 31.3 Å². The van der Waals surface area contributed by atoms with Gasteiger partial charge in [-0.1, -0.05) is 43.7 Å². The number of aliphatic hydroxyl groups is 1. The highest BCUT2D eigenvalue weighted by molar-refractivity contribution is 5.76. The minimum Gasteiger partial charge on any atom is -0.390 e. The molecule has 3 aromatic rings. The van der Waals surface area contributed by atoms with E-state index >= 15 is 0 Å². The van der Waals surface area contributed by atoms with Gasteiger partial charge in [-0.15, -0.1) is 0 Å². The average molecular weight is 551 g/mol. The van der Waals surface area contributed by atoms with Crippen molar-refractivity contribution in [3.8, 4) is 0 Å². The number of pyridine rings is 1. The highest BCUT2D eigenvalue weighted by Crippen LogP contribution is 2.30. The van der Waals surface area contributed by atoms with Crippen LogP contribution in [0.2, 0.25) is 0 Å². The number of amides is 1. The summed E-state index contributed by atoms with van der Waals surface area (Å²) >= 11 is 0. The van der Waals surface area contributed by atoms with E-state index in [0.717, 1.165) is 49.4 Å². The summed E-state index contributed by atoms with van der Waals surface area (Å²) < 4.78 is 27.8. The fraction of sp³-hybridized carbons (Fsp3) is 0.438. The van der Waals surface area contributed by atoms with Crippen LogP contribution in [0.4, 0.5) is 8.78 Å². The van der Waals surface area contributed by atoms with Crippen molar-refractivity contribution < 1.29 is 18.7 Å². The minimum absolute atomic E-state index is 0.108. The lowest BCUT2D eigenvalue weighted by molar-refractivity contribution is -0.123. The number of piperidine rings is 1. The van der Waals surface area contributed by atoms with Gasteiger partial charge < -0.3 is 15.7 Å². The Balaban J connectivity index is 1.37. The number of carbonyl (C=O) groups excluding carboxylic acids is 1. The maximum Gasteiger partial charge on any atom is 0.221 e. The lowest BCUT2D eigenvalue weighted by Gasteiger charge is -2.36. The van der Waals surface area contributed by atoms with Gasteiger partial charge >= 0.3 is 0 Å². The topological polar surface area (TPSA) is 77.5 Å². The molecule has 3 N–H and O–H groups in total. The molecular weight excluding hydrogens is 510 g/mol. The molecule has 40 heavy (non-hydrogen) atoms. The van der Waals surface area contributed by atoms with Gasteiger partial charge in [-0.2, -0.15) is 0 Å². The first kappa shape index (κ1) is 29.8. The van der Waals surface area contributed by atoms with Crippen LogP contribution in [0, 0.1) is 11.6 Å². The number of aliphatic hydroxyl groups excluding tert-OH is 1. The molecular formula is C32H40F2N4O2. The van der Waals surface area contributed by atoms with E-state index < -0.39 is 23.8 Å². The second-order valence-electron chi connectivity index (χ2n) is 10.6. The van der Waals surface area contributed by atoms with Crippen molar-refractivity contribution >= 4 is 5.91 Å². The number of benzene rings is 2. The van der Waals surface area contributed by atoms with Crippen molar-refractivity contribution in [3.05, 3.63) is 101 Å². The lowest BCUT2D eigenvalue weighted by Crippen LogP contribution is -2.49. The van der Waals surface area contributed by atoms with Gasteiger partial charge in [-0.25, -0.2) is 8.78 Å². The van der Waals surface area contributed by atoms with Gasteiger partial charge in [-0.05, 0) is 72.7 Å². The first-order valence-electron chi connectivity index (χ1n) is 14.3. The SMILES string of the molecule is CCc1cccc(CNC[C@H](O)[C@@H](Cc2cc(F)cc(F)c2)NC(=O)CCN2CCCCC2c2cccnc2)c1. The van der Waals surface area contributed by atoms with Gasteiger partial charge in [0, 0.05) is 50.6 Å². The molecule has 1 fully saturated rings. The Hall–Kier alpha value is -3.20. The molecule has 0 spiro atoms. The Labute approximate surface area is 235 Å². The summed E-state index contributed by atoms with van der Waals surface area (Å²) in [5, 5.41) is 17.3. The largest absolute Gasteiger partial charge is 0.390 e. The quantitative estimate of drug-likeness (QED) is 0.287. The number of likely N-dealkylation sites (tertiary alicyclic amines) is 1. The fourth-order valence-electron chi connectivity index (χ4n) is 5.47. The number of carbonyl (C=O) groups is 1. The van der Waals surface area contributed by atoms with E-state index in [9.17, 15) is 18.7 Å². The van der Waals surface area contributed by atoms with Gasteiger partial charge in [0.1, 0.15) is 11.6 Å². The van der Waals surface area contributed by atoms with Crippen molar-refractivity contribution in [3.63, 3.8) is 0 Å². The lowest BCUT2D eigenvalue weighted by atomic mass is 9.96. The molecule has 1 aromatic heterocycles. The number of rotatable bonds is 13. The minimum atomic E-state index is -0.956. The summed E-state index contributed by atoms with van der Waals surface area (Å²) in [6.07, 6.45) is 7.24. The Morgan fingerprint density at radius 3 is 2.62 bits per heavy atom. The number of nitrogens with zero attached hydrogens (tertiary/aromatic N) is 2. The first-order chi connectivity index (χ1) is 19.4. The average Bonchev–Trinajstić information content (AvgIpc) is 2.96. The Bertz CT molecular complexity index is 1210. The highest BCUT2D eigenvalue weighted by atomic mass is 19.1. The molecule has 8 heteroatoms. The number of hydrogen-bond donors (Lipinski definition) is 3. The number of nitrogens with one attached hydrogen (secondary N) is 2. The van der Waals surface area contributed by atoms with Crippen LogP contribution in [0.1, 0.15) is 60.9 Å². The number of halogens is 2. The Morgan fingerprint density at radius 1 is 1.07 bits per heavy atom. The summed E-state index contributed by atoms with van der Waals surface area (Å²) in [7, 11) is 0. The molecule has 1 unspecified atom stereocenters. The molecule has 0 radical (unpaired) electrons. The second kappa shape index (κ2) is 15.0. The van der Waals surface area contributed by atoms with Crippen LogP contribution in [0.15, 0.2) is 67.0 Å². The summed E-state index contributed by atoms with van der Waals surface area (Å²) in [5.41, 5.74) is 3.87. The molecule has 2 heterocycles. The second-order valence-corrected chi connectivity index (χ2v) is 10.6. The molecule has 1 amide bonds. The third-order valence-corrected chi connectivity index (χ3v) is 7.58. The highest BCUT2D eigenvalue weighted by Gasteiger charge is 2.26. The molecule has 1 aliphatic heterocycles. The molecule has 0 aliphatic carbocycles. The van der Waals surface area contributed by atoms with Crippen molar-refractivity contribution in [2.24, 2.45) is 0 Å². The van der Waals surface area contributed by atoms with Crippen LogP contribution in [0.25, 0.3) is 0 Å². The van der Waals surface area contributed by atoms with Crippen LogP contribution in [-0.4, -0.2) is 52.7 Å². The predicted molar refractivity (Wildman–Crippen MR) is 153 cm³/mol. The monoisotopic (exact) mass is 550 g/mol. The van der Waals surface area contributed by atoms with E-state index in [1.807, 2.05) is 24.4 Å². The van der Waals surface area contributed by atoms with E-state index in [1.165, 1.54) is 17.7 Å². The first-order valence-corrected chi connectivity index (χ1v) is 14.3. The molecule has 1 aliphatic rings. The van der Waals surface area contributed by atoms with Crippen LogP contribution < -0.4 is 10.6 Å². The van der Waals surface area contributed by atoms with Gasteiger partial charge in [0.25, 0.3) is 0 Å². The molecule has 4 rings (SSSR count). The van der Waals surface area contributed by atoms with E-state index in [2.05, 4.69) is 45.6 Å². The third kappa shape index (κ3) is 8.91. The molecule has 214 valence electrons. The van der Waals surface area contributed by atoms with Crippen molar-refractivity contribution in [1.82, 2.24) is 20.5 Å². The van der Waals surface area contributed by atoms with E-state index in [0.29, 0.717) is 18.7 Å². The Kier molecular flexibility index (Phi) is 11.1. The predicted octanol–water partition coefficient (Wildman–Crippen LogP) is 4.72. The van der Waals surface area contributed by atoms with Gasteiger partial charge in [-0.3, -0.25) is 14.7 Å². The zero-order valence-corrected chi connectivity index (χ0v) is 23.2. The van der Waals surface area contributed by atoms with Gasteiger partial charge in [0.05, 0.1) is 12.1 Å². The van der Waals surface area contributed by atoms with Gasteiger partial charge in [0.2, 0.25) is 5.91 Å². The van der Waals surface area contributed by atoms with Gasteiger partial charge in [0.15, 0.2) is 0 Å². The number of hydrogen-bond acceptors (Lipinski definition) is 5. The summed E-state index contributed by atoms with van der Waals surface area (Å²) in [5.74, 6) is -1.57. The molecule has 3 atom stereocenters. The molecule has 1 saturated heterocycles. The molecule has 2 aromatic carbocycles. The fourth-order valence-corrected chi connectivity index (χ4v) is 5.47. The summed E-state index contributed by atoms with van der Waals surface area (Å²) in [6, 6.07) is 15.0. The van der Waals surface area contributed by atoms with E-state index in [1.54, 1.807) is 6.20 Å². The van der Waals surface area contributed by atoms with Crippen LogP contribution >= 0.6 is 0 Å². The maximum atomic E-state index is 13.9. The molecule has 0 bridgehead atoms. The molecule has 0 saturated carbocycles. The van der Waals surface area contributed by atoms with Crippen molar-refractivity contribution in [2.75, 3.05) is 19.6 Å². The smallest absolute Gasteiger partial charge is 0.221 e. The van der Waals surface area contributed by atoms with Crippen molar-refractivity contribution in [2.45, 2.75) is 70.2 Å². The van der Waals surface area contributed by atoms with E-state index in [4.69, 9.17) is 0 Å². The maximum absolute atomic E-state index is 13.9. The Morgan fingerprint density at radius 2 is 1.88 bits per heavy atom. The zero-order valence-electron chi connectivity index (χ0n) is 23.2. The zero-order chi connectivity index (χ0) is 28.3. The standard InChI is InChI=1S/C32H40F2N4O2/c1-2-23-7-5-8-24(15-23)20-36-22-31(39)29(18-25-16-27(33)19-28(34)17-25)37-32(40)11-14-38-13-4-3-10-30(38)26-9-6-12-35-21-26/h5-9,12,15-17,19,21,29-31,36,39H,2-4,10-11,13-14,18,20,22H2,1H3,(H,37,40)/t29-,30?,31+/m1/s1. The van der Waals surface area contributed by atoms with Crippen LogP contribution in [0.5, 0.6) is 0 Å². The number of aryl methyl sites for hydroxylation is 1. The third-order valence-electron chi connectivity index (χ3n) is 7.58. The summed E-state index contributed by atoms with van der Waals surface area (Å²) in [6.45, 7) is 4.36. The van der Waals surface area contributed by atoms with Crippen LogP contribution in [0.3, 0.4) is 0 Å².